The van der Waals surface area contributed by atoms with Crippen molar-refractivity contribution < 1.29 is 8.42 Å². The van der Waals surface area contributed by atoms with Crippen molar-refractivity contribution in [3.63, 3.8) is 0 Å². The first kappa shape index (κ1) is 25.3. The highest BCUT2D eigenvalue weighted by molar-refractivity contribution is 14.0. The lowest BCUT2D eigenvalue weighted by molar-refractivity contribution is 0.582. The summed E-state index contributed by atoms with van der Waals surface area (Å²) in [6.45, 7) is 5.21. The zero-order chi connectivity index (χ0) is 21.6. The summed E-state index contributed by atoms with van der Waals surface area (Å²) in [6.07, 6.45) is 0. The van der Waals surface area contributed by atoms with Crippen LogP contribution < -0.4 is 15.4 Å². The quantitative estimate of drug-likeness (QED) is 0.166. The molecule has 2 aromatic heterocycles. The summed E-state index contributed by atoms with van der Waals surface area (Å²) in [5.41, 5.74) is 4.12. The number of para-hydroxylation sites is 1. The summed E-state index contributed by atoms with van der Waals surface area (Å²) in [6, 6.07) is 13.4. The van der Waals surface area contributed by atoms with Crippen molar-refractivity contribution in [1.29, 1.82) is 0 Å². The fraction of sp³-hybridized carbons (Fsp3) is 0.300. The molecule has 168 valence electrons. The van der Waals surface area contributed by atoms with E-state index in [1.807, 2.05) is 48.9 Å². The van der Waals surface area contributed by atoms with Gasteiger partial charge in [-0.2, -0.15) is 5.10 Å². The number of benzene rings is 1. The maximum Gasteiger partial charge on any atom is 0.250 e. The molecule has 3 rings (SSSR count). The van der Waals surface area contributed by atoms with Gasteiger partial charge in [0, 0.05) is 32.4 Å². The van der Waals surface area contributed by atoms with E-state index in [2.05, 4.69) is 25.4 Å². The first-order valence-electron chi connectivity index (χ1n) is 9.50. The lowest BCUT2D eigenvalue weighted by Gasteiger charge is -2.15. The molecule has 0 aliphatic rings. The molecule has 0 spiro atoms. The highest BCUT2D eigenvalue weighted by Crippen LogP contribution is 2.17. The van der Waals surface area contributed by atoms with E-state index in [-0.39, 0.29) is 30.5 Å². The first-order chi connectivity index (χ1) is 14.4. The molecule has 3 aromatic rings. The Balaban J connectivity index is 0.00000341. The Morgan fingerprint density at radius 2 is 1.90 bits per heavy atom. The predicted octanol–water partition coefficient (Wildman–Crippen LogP) is 2.81. The molecule has 0 aliphatic heterocycles. The molecular formula is C20H27IN6O2S2. The Bertz CT molecular complexity index is 1110. The molecule has 0 aliphatic carbocycles. The number of nitrogens with zero attached hydrogens (tertiary/aromatic N) is 3. The van der Waals surface area contributed by atoms with Crippen LogP contribution in [0.5, 0.6) is 0 Å². The third-order valence-corrected chi connectivity index (χ3v) is 7.23. The lowest BCUT2D eigenvalue weighted by Crippen LogP contribution is -2.41. The fourth-order valence-corrected chi connectivity index (χ4v) is 5.06. The number of guanidine groups is 1. The zero-order valence-electron chi connectivity index (χ0n) is 17.6. The summed E-state index contributed by atoms with van der Waals surface area (Å²) >= 11 is 1.19. The summed E-state index contributed by atoms with van der Waals surface area (Å²) in [7, 11) is -1.78. The number of rotatable bonds is 8. The molecule has 31 heavy (non-hydrogen) atoms. The van der Waals surface area contributed by atoms with Gasteiger partial charge in [0.2, 0.25) is 10.0 Å². The van der Waals surface area contributed by atoms with E-state index in [0.717, 1.165) is 22.6 Å². The molecule has 2 heterocycles. The minimum atomic E-state index is -3.46. The van der Waals surface area contributed by atoms with E-state index >= 15 is 0 Å². The Kier molecular flexibility index (Phi) is 9.47. The molecule has 3 N–H and O–H groups in total. The number of aromatic nitrogens is 2. The van der Waals surface area contributed by atoms with E-state index in [0.29, 0.717) is 23.3 Å². The fourth-order valence-electron chi connectivity index (χ4n) is 2.99. The maximum absolute atomic E-state index is 12.1. The number of thiophene rings is 1. The Labute approximate surface area is 204 Å². The van der Waals surface area contributed by atoms with Gasteiger partial charge in [-0.15, -0.1) is 35.3 Å². The van der Waals surface area contributed by atoms with Crippen LogP contribution in [0.25, 0.3) is 5.69 Å². The van der Waals surface area contributed by atoms with Crippen LogP contribution in [0, 0.1) is 13.8 Å². The van der Waals surface area contributed by atoms with Gasteiger partial charge >= 0.3 is 0 Å². The van der Waals surface area contributed by atoms with Gasteiger partial charge in [0.05, 0.1) is 11.4 Å². The van der Waals surface area contributed by atoms with Crippen molar-refractivity contribution in [2.24, 2.45) is 4.99 Å². The van der Waals surface area contributed by atoms with Crippen molar-refractivity contribution in [3.8, 4) is 5.69 Å². The van der Waals surface area contributed by atoms with Gasteiger partial charge in [-0.1, -0.05) is 24.3 Å². The Morgan fingerprint density at radius 3 is 2.55 bits per heavy atom. The monoisotopic (exact) mass is 574 g/mol. The van der Waals surface area contributed by atoms with Crippen LogP contribution in [-0.4, -0.2) is 44.3 Å². The van der Waals surface area contributed by atoms with E-state index in [4.69, 9.17) is 0 Å². The van der Waals surface area contributed by atoms with E-state index in [1.54, 1.807) is 24.6 Å². The number of aryl methyl sites for hydroxylation is 2. The summed E-state index contributed by atoms with van der Waals surface area (Å²) in [5.74, 6) is 0.591. The second kappa shape index (κ2) is 11.6. The number of hydrogen-bond donors (Lipinski definition) is 3. The third-order valence-electron chi connectivity index (χ3n) is 4.37. The van der Waals surface area contributed by atoms with Gasteiger partial charge in [0.25, 0.3) is 0 Å². The van der Waals surface area contributed by atoms with Gasteiger partial charge in [0.1, 0.15) is 4.21 Å². The molecule has 11 heteroatoms. The second-order valence-corrected chi connectivity index (χ2v) is 9.59. The zero-order valence-corrected chi connectivity index (χ0v) is 21.6. The van der Waals surface area contributed by atoms with Gasteiger partial charge in [0.15, 0.2) is 5.96 Å². The van der Waals surface area contributed by atoms with Crippen molar-refractivity contribution in [1.82, 2.24) is 25.1 Å². The summed E-state index contributed by atoms with van der Waals surface area (Å²) in [4.78, 5) is 4.21. The molecule has 0 radical (unpaired) electrons. The molecule has 0 saturated carbocycles. The van der Waals surface area contributed by atoms with Crippen molar-refractivity contribution in [2.45, 2.75) is 24.6 Å². The van der Waals surface area contributed by atoms with Crippen LogP contribution in [0.15, 0.2) is 57.0 Å². The summed E-state index contributed by atoms with van der Waals surface area (Å²) in [5, 5.41) is 12.7. The average Bonchev–Trinajstić information content (AvgIpc) is 3.38. The van der Waals surface area contributed by atoms with Gasteiger partial charge in [-0.05, 0) is 43.0 Å². The van der Waals surface area contributed by atoms with E-state index < -0.39 is 10.0 Å². The number of halogens is 1. The van der Waals surface area contributed by atoms with Crippen LogP contribution in [0.1, 0.15) is 17.0 Å². The van der Waals surface area contributed by atoms with Gasteiger partial charge in [-0.25, -0.2) is 17.8 Å². The molecule has 0 atom stereocenters. The number of nitrogens with one attached hydrogen (secondary N) is 3. The molecule has 0 fully saturated rings. The number of aliphatic imine (C=N–C) groups is 1. The van der Waals surface area contributed by atoms with Crippen LogP contribution in [0.4, 0.5) is 0 Å². The molecule has 1 aromatic carbocycles. The topological polar surface area (TPSA) is 100 Å². The molecule has 8 nitrogen and oxygen atoms in total. The Morgan fingerprint density at radius 1 is 1.13 bits per heavy atom. The van der Waals surface area contributed by atoms with E-state index in [9.17, 15) is 8.42 Å². The largest absolute Gasteiger partial charge is 0.355 e. The van der Waals surface area contributed by atoms with Crippen molar-refractivity contribution in [3.05, 3.63) is 64.8 Å². The third kappa shape index (κ3) is 6.76. The normalized spacial score (nSPS) is 11.8. The second-order valence-electron chi connectivity index (χ2n) is 6.65. The predicted molar refractivity (Wildman–Crippen MR) is 136 cm³/mol. The summed E-state index contributed by atoms with van der Waals surface area (Å²) < 4.78 is 29.1. The molecule has 0 amide bonds. The van der Waals surface area contributed by atoms with Crippen LogP contribution in [0.3, 0.4) is 0 Å². The Hall–Kier alpha value is -1.96. The van der Waals surface area contributed by atoms with Crippen molar-refractivity contribution in [2.75, 3.05) is 20.1 Å². The maximum atomic E-state index is 12.1. The molecule has 0 unspecified atom stereocenters. The van der Waals surface area contributed by atoms with Crippen LogP contribution in [0.2, 0.25) is 0 Å². The highest BCUT2D eigenvalue weighted by atomic mass is 127. The van der Waals surface area contributed by atoms with Gasteiger partial charge < -0.3 is 10.6 Å². The molecule has 0 saturated heterocycles. The molecule has 0 bridgehead atoms. The standard InChI is InChI=1S/C20H26N6O2S2.HI/c1-15-13-16(2)26(25-15)18-8-5-4-7-17(18)14-23-20(21-3)22-10-11-24-30(27,28)19-9-6-12-29-19;/h4-9,12-13,24H,10-11,14H2,1-3H3,(H2,21,22,23);1H. The average molecular weight is 575 g/mol. The van der Waals surface area contributed by atoms with Crippen LogP contribution >= 0.6 is 35.3 Å². The van der Waals surface area contributed by atoms with Crippen molar-refractivity contribution >= 4 is 51.3 Å². The minimum Gasteiger partial charge on any atom is -0.355 e. The van der Waals surface area contributed by atoms with Gasteiger partial charge in [-0.3, -0.25) is 4.99 Å². The SMILES string of the molecule is CN=C(NCCNS(=O)(=O)c1cccs1)NCc1ccccc1-n1nc(C)cc1C.I. The smallest absolute Gasteiger partial charge is 0.250 e. The van der Waals surface area contributed by atoms with Crippen LogP contribution in [-0.2, 0) is 16.6 Å². The lowest BCUT2D eigenvalue weighted by atomic mass is 10.1. The first-order valence-corrected chi connectivity index (χ1v) is 11.9. The minimum absolute atomic E-state index is 0. The number of sulfonamides is 1. The molecular weight excluding hydrogens is 547 g/mol. The van der Waals surface area contributed by atoms with E-state index in [1.165, 1.54) is 11.3 Å². The highest BCUT2D eigenvalue weighted by Gasteiger charge is 2.14. The number of hydrogen-bond acceptors (Lipinski definition) is 5.